The lowest BCUT2D eigenvalue weighted by Gasteiger charge is -2.09. The van der Waals surface area contributed by atoms with Crippen LogP contribution in [-0.2, 0) is 5.75 Å². The predicted octanol–water partition coefficient (Wildman–Crippen LogP) is 4.77. The summed E-state index contributed by atoms with van der Waals surface area (Å²) in [5, 5.41) is 14.7. The highest BCUT2D eigenvalue weighted by atomic mass is 35.5. The van der Waals surface area contributed by atoms with Gasteiger partial charge in [0.1, 0.15) is 0 Å². The SMILES string of the molecule is Cc1ccc(C)c(-n2nnnc2SCc2ccc(Cl)c3cccnc23)c1. The van der Waals surface area contributed by atoms with Crippen LogP contribution in [0, 0.1) is 13.8 Å². The van der Waals surface area contributed by atoms with Crippen LogP contribution in [0.4, 0.5) is 0 Å². The Labute approximate surface area is 160 Å². The summed E-state index contributed by atoms with van der Waals surface area (Å²) < 4.78 is 1.79. The first-order chi connectivity index (χ1) is 12.6. The Bertz CT molecular complexity index is 1090. The first-order valence-electron chi connectivity index (χ1n) is 8.14. The zero-order valence-corrected chi connectivity index (χ0v) is 15.9. The molecule has 0 atom stereocenters. The number of fused-ring (bicyclic) bond motifs is 1. The van der Waals surface area contributed by atoms with Crippen molar-refractivity contribution in [1.82, 2.24) is 25.2 Å². The normalized spacial score (nSPS) is 11.2. The van der Waals surface area contributed by atoms with Gasteiger partial charge in [-0.05, 0) is 65.2 Å². The Morgan fingerprint density at radius 3 is 2.88 bits per heavy atom. The Morgan fingerprint density at radius 1 is 1.12 bits per heavy atom. The monoisotopic (exact) mass is 381 g/mol. The molecule has 5 nitrogen and oxygen atoms in total. The van der Waals surface area contributed by atoms with Crippen LogP contribution in [0.3, 0.4) is 0 Å². The van der Waals surface area contributed by atoms with Crippen LogP contribution in [-0.4, -0.2) is 25.2 Å². The van der Waals surface area contributed by atoms with E-state index in [-0.39, 0.29) is 0 Å². The molecule has 0 saturated carbocycles. The van der Waals surface area contributed by atoms with E-state index >= 15 is 0 Å². The van der Waals surface area contributed by atoms with Crippen LogP contribution in [0.25, 0.3) is 16.6 Å². The molecule has 7 heteroatoms. The first kappa shape index (κ1) is 17.0. The summed E-state index contributed by atoms with van der Waals surface area (Å²) in [4.78, 5) is 4.49. The molecule has 0 N–H and O–H groups in total. The van der Waals surface area contributed by atoms with Gasteiger partial charge < -0.3 is 0 Å². The van der Waals surface area contributed by atoms with Crippen LogP contribution in [0.15, 0.2) is 53.8 Å². The van der Waals surface area contributed by atoms with Crippen LogP contribution in [0.5, 0.6) is 0 Å². The van der Waals surface area contributed by atoms with Gasteiger partial charge in [-0.25, -0.2) is 0 Å². The van der Waals surface area contributed by atoms with Crippen molar-refractivity contribution in [3.63, 3.8) is 0 Å². The van der Waals surface area contributed by atoms with Gasteiger partial charge in [0.2, 0.25) is 5.16 Å². The predicted molar refractivity (Wildman–Crippen MR) is 105 cm³/mol. The minimum Gasteiger partial charge on any atom is -0.256 e. The lowest BCUT2D eigenvalue weighted by Crippen LogP contribution is -2.02. The quantitative estimate of drug-likeness (QED) is 0.476. The number of tetrazole rings is 1. The topological polar surface area (TPSA) is 56.5 Å². The summed E-state index contributed by atoms with van der Waals surface area (Å²) in [6, 6.07) is 14.1. The van der Waals surface area contributed by atoms with E-state index in [1.807, 2.05) is 24.3 Å². The van der Waals surface area contributed by atoms with E-state index in [1.165, 1.54) is 5.56 Å². The minimum atomic E-state index is 0.704. The molecule has 0 bridgehead atoms. The first-order valence-corrected chi connectivity index (χ1v) is 9.51. The second kappa shape index (κ2) is 7.05. The summed E-state index contributed by atoms with van der Waals surface area (Å²) in [5.74, 6) is 0.704. The molecule has 2 aromatic heterocycles. The summed E-state index contributed by atoms with van der Waals surface area (Å²) in [7, 11) is 0. The van der Waals surface area contributed by atoms with E-state index in [9.17, 15) is 0 Å². The molecular weight excluding hydrogens is 366 g/mol. The van der Waals surface area contributed by atoms with Gasteiger partial charge in [-0.1, -0.05) is 41.6 Å². The van der Waals surface area contributed by atoms with E-state index in [4.69, 9.17) is 11.6 Å². The molecule has 0 radical (unpaired) electrons. The average molecular weight is 382 g/mol. The molecule has 0 aliphatic heterocycles. The number of halogens is 1. The van der Waals surface area contributed by atoms with Gasteiger partial charge in [0.05, 0.1) is 11.2 Å². The van der Waals surface area contributed by atoms with Crippen molar-refractivity contribution in [3.8, 4) is 5.69 Å². The van der Waals surface area contributed by atoms with E-state index in [0.29, 0.717) is 10.8 Å². The molecule has 2 heterocycles. The molecule has 0 aliphatic carbocycles. The molecule has 130 valence electrons. The number of aromatic nitrogens is 5. The van der Waals surface area contributed by atoms with E-state index < -0.39 is 0 Å². The fraction of sp³-hybridized carbons (Fsp3) is 0.158. The number of hydrogen-bond acceptors (Lipinski definition) is 5. The van der Waals surface area contributed by atoms with Gasteiger partial charge >= 0.3 is 0 Å². The van der Waals surface area contributed by atoms with Crippen molar-refractivity contribution in [1.29, 1.82) is 0 Å². The van der Waals surface area contributed by atoms with Gasteiger partial charge in [0, 0.05) is 22.4 Å². The highest BCUT2D eigenvalue weighted by Crippen LogP contribution is 2.30. The minimum absolute atomic E-state index is 0.704. The van der Waals surface area contributed by atoms with Crippen molar-refractivity contribution in [2.24, 2.45) is 0 Å². The van der Waals surface area contributed by atoms with E-state index in [2.05, 4.69) is 52.6 Å². The number of pyridine rings is 1. The smallest absolute Gasteiger partial charge is 0.214 e. The number of thioether (sulfide) groups is 1. The Kier molecular flexibility index (Phi) is 4.61. The summed E-state index contributed by atoms with van der Waals surface area (Å²) >= 11 is 7.86. The summed E-state index contributed by atoms with van der Waals surface area (Å²) in [6.07, 6.45) is 1.78. The summed E-state index contributed by atoms with van der Waals surface area (Å²) in [6.45, 7) is 4.12. The lowest BCUT2D eigenvalue weighted by atomic mass is 10.1. The Hall–Kier alpha value is -2.44. The molecule has 0 amide bonds. The molecule has 4 aromatic rings. The van der Waals surface area contributed by atoms with Gasteiger partial charge in [0.25, 0.3) is 0 Å². The number of hydrogen-bond donors (Lipinski definition) is 0. The third-order valence-electron chi connectivity index (χ3n) is 4.19. The van der Waals surface area contributed by atoms with Gasteiger partial charge in [-0.15, -0.1) is 5.10 Å². The molecule has 0 spiro atoms. The zero-order valence-electron chi connectivity index (χ0n) is 14.3. The number of benzene rings is 2. The molecule has 0 saturated heterocycles. The second-order valence-electron chi connectivity index (χ2n) is 6.06. The third-order valence-corrected chi connectivity index (χ3v) is 5.49. The Morgan fingerprint density at radius 2 is 2.00 bits per heavy atom. The maximum absolute atomic E-state index is 6.28. The van der Waals surface area contributed by atoms with Gasteiger partial charge in [-0.2, -0.15) is 4.68 Å². The number of rotatable bonds is 4. The maximum atomic E-state index is 6.28. The van der Waals surface area contributed by atoms with Crippen molar-refractivity contribution in [2.75, 3.05) is 0 Å². The highest BCUT2D eigenvalue weighted by Gasteiger charge is 2.13. The standard InChI is InChI=1S/C19H16ClN5S/c1-12-5-6-13(2)17(10-12)25-19(22-23-24-25)26-11-14-7-8-16(20)15-4-3-9-21-18(14)15/h3-10H,11H2,1-2H3. The summed E-state index contributed by atoms with van der Waals surface area (Å²) in [5.41, 5.74) is 5.31. The number of nitrogens with zero attached hydrogens (tertiary/aromatic N) is 5. The highest BCUT2D eigenvalue weighted by molar-refractivity contribution is 7.98. The molecule has 4 rings (SSSR count). The van der Waals surface area contributed by atoms with Gasteiger partial charge in [-0.3, -0.25) is 4.98 Å². The number of aryl methyl sites for hydroxylation is 2. The van der Waals surface area contributed by atoms with Gasteiger partial charge in [0.15, 0.2) is 0 Å². The van der Waals surface area contributed by atoms with Crippen LogP contribution in [0.1, 0.15) is 16.7 Å². The molecule has 0 aliphatic rings. The largest absolute Gasteiger partial charge is 0.256 e. The Balaban J connectivity index is 1.66. The molecular formula is C19H16ClN5S. The van der Waals surface area contributed by atoms with Crippen LogP contribution >= 0.6 is 23.4 Å². The molecule has 2 aromatic carbocycles. The fourth-order valence-electron chi connectivity index (χ4n) is 2.82. The maximum Gasteiger partial charge on any atom is 0.214 e. The molecule has 26 heavy (non-hydrogen) atoms. The average Bonchev–Trinajstić information content (AvgIpc) is 3.12. The zero-order chi connectivity index (χ0) is 18.1. The van der Waals surface area contributed by atoms with E-state index in [1.54, 1.807) is 22.6 Å². The van der Waals surface area contributed by atoms with Crippen molar-refractivity contribution in [3.05, 3.63) is 70.4 Å². The third kappa shape index (κ3) is 3.18. The lowest BCUT2D eigenvalue weighted by molar-refractivity contribution is 0.751. The van der Waals surface area contributed by atoms with E-state index in [0.717, 1.165) is 32.9 Å². The van der Waals surface area contributed by atoms with Crippen LogP contribution < -0.4 is 0 Å². The fourth-order valence-corrected chi connectivity index (χ4v) is 3.91. The second-order valence-corrected chi connectivity index (χ2v) is 7.41. The molecule has 0 unspecified atom stereocenters. The van der Waals surface area contributed by atoms with Crippen LogP contribution in [0.2, 0.25) is 5.02 Å². The van der Waals surface area contributed by atoms with Crippen molar-refractivity contribution >= 4 is 34.3 Å². The molecule has 0 fully saturated rings. The van der Waals surface area contributed by atoms with Crippen molar-refractivity contribution < 1.29 is 0 Å². The van der Waals surface area contributed by atoms with Crippen molar-refractivity contribution in [2.45, 2.75) is 24.8 Å².